The van der Waals surface area contributed by atoms with Gasteiger partial charge in [0.05, 0.1) is 12.6 Å². The molecule has 6 heteroatoms. The lowest BCUT2D eigenvalue weighted by Gasteiger charge is -2.22. The van der Waals surface area contributed by atoms with Gasteiger partial charge >= 0.3 is 5.97 Å². The lowest BCUT2D eigenvalue weighted by molar-refractivity contribution is -0.428. The zero-order valence-corrected chi connectivity index (χ0v) is 14.2. The number of hydrogen-bond acceptors (Lipinski definition) is 5. The normalized spacial score (nSPS) is 18.7. The largest absolute Gasteiger partial charge is 0.489 e. The molecule has 0 aromatic heterocycles. The second-order valence-corrected chi connectivity index (χ2v) is 6.84. The SMILES string of the molecule is C[N+](=O)c1cccc(OC2CCN(CC(=O)OC(C)(C)C)C2)c1. The van der Waals surface area contributed by atoms with Gasteiger partial charge in [-0.25, -0.2) is 0 Å². The minimum atomic E-state index is -0.461. The molecule has 0 amide bonds. The predicted octanol–water partition coefficient (Wildman–Crippen LogP) is 2.52. The minimum absolute atomic E-state index is 0.0182. The molecule has 0 aliphatic carbocycles. The Kier molecular flexibility index (Phi) is 5.36. The maximum atomic E-state index is 11.9. The van der Waals surface area contributed by atoms with E-state index in [0.29, 0.717) is 18.0 Å². The van der Waals surface area contributed by atoms with Crippen molar-refractivity contribution in [2.45, 2.75) is 38.9 Å². The summed E-state index contributed by atoms with van der Waals surface area (Å²) in [6.07, 6.45) is 0.866. The summed E-state index contributed by atoms with van der Waals surface area (Å²) >= 11 is 0. The molecule has 1 saturated heterocycles. The molecule has 1 heterocycles. The maximum absolute atomic E-state index is 11.9. The number of nitroso groups, excluding NO2 is 1. The van der Waals surface area contributed by atoms with E-state index in [4.69, 9.17) is 9.47 Å². The van der Waals surface area contributed by atoms with E-state index in [0.717, 1.165) is 17.7 Å². The number of hydrogen-bond donors (Lipinski definition) is 0. The van der Waals surface area contributed by atoms with Crippen molar-refractivity contribution >= 4 is 11.7 Å². The van der Waals surface area contributed by atoms with Crippen molar-refractivity contribution in [2.24, 2.45) is 0 Å². The fourth-order valence-electron chi connectivity index (χ4n) is 2.54. The average molecular weight is 321 g/mol. The highest BCUT2D eigenvalue weighted by Gasteiger charge is 2.27. The van der Waals surface area contributed by atoms with Gasteiger partial charge in [0, 0.05) is 28.8 Å². The summed E-state index contributed by atoms with van der Waals surface area (Å²) in [7, 11) is 1.46. The molecule has 1 atom stereocenters. The van der Waals surface area contributed by atoms with Crippen molar-refractivity contribution < 1.29 is 19.0 Å². The zero-order valence-electron chi connectivity index (χ0n) is 14.2. The number of esters is 1. The van der Waals surface area contributed by atoms with E-state index in [9.17, 15) is 9.70 Å². The summed E-state index contributed by atoms with van der Waals surface area (Å²) in [5, 5.41) is 0. The van der Waals surface area contributed by atoms with Crippen LogP contribution in [0.2, 0.25) is 0 Å². The Labute approximate surface area is 136 Å². The lowest BCUT2D eigenvalue weighted by atomic mass is 10.2. The molecule has 126 valence electrons. The lowest BCUT2D eigenvalue weighted by Crippen LogP contribution is -2.34. The van der Waals surface area contributed by atoms with Crippen LogP contribution in [-0.2, 0) is 9.53 Å². The number of likely N-dealkylation sites (tertiary alicyclic amines) is 1. The summed E-state index contributed by atoms with van der Waals surface area (Å²) < 4.78 is 12.1. The number of ether oxygens (including phenoxy) is 2. The van der Waals surface area contributed by atoms with Crippen LogP contribution in [0.3, 0.4) is 0 Å². The van der Waals surface area contributed by atoms with E-state index < -0.39 is 5.60 Å². The van der Waals surface area contributed by atoms with Crippen LogP contribution in [-0.4, -0.2) is 54.0 Å². The van der Waals surface area contributed by atoms with Gasteiger partial charge in [0.25, 0.3) is 5.69 Å². The van der Waals surface area contributed by atoms with Crippen LogP contribution in [0.1, 0.15) is 27.2 Å². The van der Waals surface area contributed by atoms with Gasteiger partial charge in [-0.15, -0.1) is 0 Å². The second kappa shape index (κ2) is 7.08. The number of rotatable bonds is 5. The third-order valence-electron chi connectivity index (χ3n) is 3.49. The monoisotopic (exact) mass is 321 g/mol. The van der Waals surface area contributed by atoms with Crippen molar-refractivity contribution in [3.63, 3.8) is 0 Å². The topological polar surface area (TPSA) is 58.8 Å². The Balaban J connectivity index is 1.85. The van der Waals surface area contributed by atoms with Crippen LogP contribution in [0.5, 0.6) is 5.75 Å². The first kappa shape index (κ1) is 17.4. The molecular weight excluding hydrogens is 296 g/mol. The van der Waals surface area contributed by atoms with E-state index in [1.165, 1.54) is 7.05 Å². The van der Waals surface area contributed by atoms with Crippen LogP contribution in [0, 0.1) is 4.91 Å². The maximum Gasteiger partial charge on any atom is 0.320 e. The van der Waals surface area contributed by atoms with Gasteiger partial charge in [-0.2, -0.15) is 0 Å². The Morgan fingerprint density at radius 3 is 2.78 bits per heavy atom. The Morgan fingerprint density at radius 2 is 2.13 bits per heavy atom. The van der Waals surface area contributed by atoms with Gasteiger partial charge < -0.3 is 9.47 Å². The third-order valence-corrected chi connectivity index (χ3v) is 3.49. The number of carbonyl (C=O) groups is 1. The van der Waals surface area contributed by atoms with Crippen molar-refractivity contribution in [3.05, 3.63) is 29.2 Å². The van der Waals surface area contributed by atoms with Gasteiger partial charge in [-0.3, -0.25) is 9.69 Å². The summed E-state index contributed by atoms with van der Waals surface area (Å²) in [6, 6.07) is 7.10. The van der Waals surface area contributed by atoms with Crippen LogP contribution in [0.15, 0.2) is 24.3 Å². The van der Waals surface area contributed by atoms with Gasteiger partial charge in [0.1, 0.15) is 17.5 Å². The average Bonchev–Trinajstić information content (AvgIpc) is 2.83. The summed E-state index contributed by atoms with van der Waals surface area (Å²) in [5.41, 5.74) is 0.100. The molecule has 1 unspecified atom stereocenters. The van der Waals surface area contributed by atoms with Crippen LogP contribution >= 0.6 is 0 Å². The fraction of sp³-hybridized carbons (Fsp3) is 0.588. The summed E-state index contributed by atoms with van der Waals surface area (Å²) in [5.74, 6) is 0.461. The molecule has 6 nitrogen and oxygen atoms in total. The molecule has 1 fully saturated rings. The molecule has 1 aromatic rings. The quantitative estimate of drug-likeness (QED) is 0.616. The Bertz CT molecular complexity index is 580. The van der Waals surface area contributed by atoms with E-state index in [-0.39, 0.29) is 18.6 Å². The van der Waals surface area contributed by atoms with Crippen molar-refractivity contribution in [1.82, 2.24) is 4.90 Å². The molecule has 0 N–H and O–H groups in total. The van der Waals surface area contributed by atoms with Crippen LogP contribution in [0.4, 0.5) is 5.69 Å². The van der Waals surface area contributed by atoms with Crippen LogP contribution < -0.4 is 4.74 Å². The number of benzene rings is 1. The molecule has 1 aliphatic rings. The fourth-order valence-corrected chi connectivity index (χ4v) is 2.54. The number of carbonyl (C=O) groups excluding carboxylic acids is 1. The first-order valence-electron chi connectivity index (χ1n) is 7.85. The third kappa shape index (κ3) is 5.63. The number of nitrogens with zero attached hydrogens (tertiary/aromatic N) is 2. The standard InChI is InChI=1S/C17H25N2O4/c1-17(2,3)23-16(20)12-19-9-8-15(11-19)22-14-7-5-6-13(10-14)18(4)21/h5-7,10,15H,8-9,11-12H2,1-4H3/q+1. The van der Waals surface area contributed by atoms with Gasteiger partial charge in [0.15, 0.2) is 7.05 Å². The van der Waals surface area contributed by atoms with E-state index in [2.05, 4.69) is 0 Å². The smallest absolute Gasteiger partial charge is 0.320 e. The molecule has 2 rings (SSSR count). The molecule has 0 spiro atoms. The zero-order chi connectivity index (χ0) is 17.0. The summed E-state index contributed by atoms with van der Waals surface area (Å²) in [6.45, 7) is 7.34. The molecule has 0 radical (unpaired) electrons. The van der Waals surface area contributed by atoms with Crippen LogP contribution in [0.25, 0.3) is 0 Å². The highest BCUT2D eigenvalue weighted by Crippen LogP contribution is 2.22. The predicted molar refractivity (Wildman–Crippen MR) is 87.0 cm³/mol. The van der Waals surface area contributed by atoms with Crippen molar-refractivity contribution in [1.29, 1.82) is 0 Å². The second-order valence-electron chi connectivity index (χ2n) is 6.84. The molecule has 0 saturated carbocycles. The summed E-state index contributed by atoms with van der Waals surface area (Å²) in [4.78, 5) is 25.2. The van der Waals surface area contributed by atoms with E-state index in [1.54, 1.807) is 18.2 Å². The highest BCUT2D eigenvalue weighted by molar-refractivity contribution is 5.72. The molecular formula is C17H25N2O4+. The molecule has 1 aromatic carbocycles. The minimum Gasteiger partial charge on any atom is -0.489 e. The van der Waals surface area contributed by atoms with Gasteiger partial charge in [-0.05, 0) is 33.3 Å². The molecule has 1 aliphatic heterocycles. The highest BCUT2D eigenvalue weighted by atomic mass is 16.6. The molecule has 0 bridgehead atoms. The Hall–Kier alpha value is -1.95. The van der Waals surface area contributed by atoms with Crippen molar-refractivity contribution in [3.8, 4) is 5.75 Å². The van der Waals surface area contributed by atoms with Gasteiger partial charge in [-0.1, -0.05) is 6.07 Å². The first-order valence-corrected chi connectivity index (χ1v) is 7.85. The van der Waals surface area contributed by atoms with E-state index >= 15 is 0 Å². The first-order chi connectivity index (χ1) is 10.7. The van der Waals surface area contributed by atoms with Gasteiger partial charge in [0.2, 0.25) is 0 Å². The van der Waals surface area contributed by atoms with Crippen molar-refractivity contribution in [2.75, 3.05) is 26.7 Å². The van der Waals surface area contributed by atoms with E-state index in [1.807, 2.05) is 31.7 Å². The molecule has 23 heavy (non-hydrogen) atoms. The Morgan fingerprint density at radius 1 is 1.39 bits per heavy atom.